The van der Waals surface area contributed by atoms with Crippen LogP contribution in [-0.2, 0) is 0 Å². The average molecular weight is 212 g/mol. The minimum absolute atomic E-state index is 0.0304. The fourth-order valence-corrected chi connectivity index (χ4v) is 2.80. The number of aliphatic hydroxyl groups excluding tert-OH is 1. The van der Waals surface area contributed by atoms with Crippen molar-refractivity contribution in [2.24, 2.45) is 5.73 Å². The Bertz CT molecular complexity index is 350. The average Bonchev–Trinajstić information content (AvgIpc) is 2.58. The molecule has 0 saturated heterocycles. The van der Waals surface area contributed by atoms with Gasteiger partial charge in [0.2, 0.25) is 0 Å². The van der Waals surface area contributed by atoms with Gasteiger partial charge in [-0.1, -0.05) is 0 Å². The molecule has 0 bridgehead atoms. The van der Waals surface area contributed by atoms with E-state index in [4.69, 9.17) is 5.73 Å². The van der Waals surface area contributed by atoms with Crippen LogP contribution in [0.25, 0.3) is 0 Å². The largest absolute Gasteiger partial charge is 0.388 e. The van der Waals surface area contributed by atoms with Gasteiger partial charge >= 0.3 is 6.03 Å². The van der Waals surface area contributed by atoms with E-state index in [1.54, 1.807) is 0 Å². The third kappa shape index (κ3) is 1.60. The van der Waals surface area contributed by atoms with Crippen molar-refractivity contribution in [1.82, 2.24) is 5.32 Å². The van der Waals surface area contributed by atoms with Crippen LogP contribution in [0.15, 0.2) is 11.4 Å². The molecule has 76 valence electrons. The van der Waals surface area contributed by atoms with Crippen molar-refractivity contribution in [3.8, 4) is 0 Å². The van der Waals surface area contributed by atoms with Crippen LogP contribution in [0, 0.1) is 0 Å². The highest BCUT2D eigenvalue weighted by molar-refractivity contribution is 7.10. The summed E-state index contributed by atoms with van der Waals surface area (Å²) in [6.45, 7) is 0. The standard InChI is InChI=1S/C9H12N2O2S/c10-9(13)11-6-1-2-7(12)8-5(6)3-4-14-8/h3-4,6-7,12H,1-2H2,(H3,10,11,13)/t6-,7+/m1/s1. The molecule has 5 heteroatoms. The molecule has 1 aromatic rings. The van der Waals surface area contributed by atoms with Crippen LogP contribution in [0.4, 0.5) is 4.79 Å². The number of thiophene rings is 1. The van der Waals surface area contributed by atoms with Crippen LogP contribution < -0.4 is 11.1 Å². The molecule has 14 heavy (non-hydrogen) atoms. The number of amides is 2. The zero-order valence-electron chi connectivity index (χ0n) is 7.56. The number of aliphatic hydroxyl groups is 1. The van der Waals surface area contributed by atoms with E-state index >= 15 is 0 Å². The molecule has 0 saturated carbocycles. The SMILES string of the molecule is NC(=O)N[C@@H]1CC[C@H](O)c2sccc21. The van der Waals surface area contributed by atoms with Gasteiger partial charge in [-0.05, 0) is 29.9 Å². The number of hydrogen-bond acceptors (Lipinski definition) is 3. The zero-order valence-corrected chi connectivity index (χ0v) is 8.38. The van der Waals surface area contributed by atoms with Crippen molar-refractivity contribution in [1.29, 1.82) is 0 Å². The number of nitrogens with two attached hydrogens (primary N) is 1. The number of nitrogens with one attached hydrogen (secondary N) is 1. The molecule has 0 unspecified atom stereocenters. The molecular formula is C9H12N2O2S. The highest BCUT2D eigenvalue weighted by Gasteiger charge is 2.27. The van der Waals surface area contributed by atoms with E-state index in [9.17, 15) is 9.90 Å². The van der Waals surface area contributed by atoms with Crippen molar-refractivity contribution < 1.29 is 9.90 Å². The lowest BCUT2D eigenvalue weighted by molar-refractivity contribution is 0.151. The molecule has 0 aliphatic heterocycles. The Kier molecular flexibility index (Phi) is 2.43. The number of carbonyl (C=O) groups is 1. The number of fused-ring (bicyclic) bond motifs is 1. The first-order valence-electron chi connectivity index (χ1n) is 4.50. The minimum atomic E-state index is -0.511. The third-order valence-electron chi connectivity index (χ3n) is 2.45. The molecule has 1 heterocycles. The maximum atomic E-state index is 10.7. The van der Waals surface area contributed by atoms with Crippen molar-refractivity contribution in [2.45, 2.75) is 25.0 Å². The highest BCUT2D eigenvalue weighted by atomic mass is 32.1. The molecule has 1 aliphatic rings. The van der Waals surface area contributed by atoms with Crippen LogP contribution >= 0.6 is 11.3 Å². The Morgan fingerprint density at radius 3 is 3.14 bits per heavy atom. The second-order valence-corrected chi connectivity index (χ2v) is 4.34. The van der Waals surface area contributed by atoms with E-state index < -0.39 is 6.03 Å². The van der Waals surface area contributed by atoms with Crippen LogP contribution in [-0.4, -0.2) is 11.1 Å². The van der Waals surface area contributed by atoms with Gasteiger partial charge in [0.05, 0.1) is 12.1 Å². The molecule has 2 atom stereocenters. The van der Waals surface area contributed by atoms with Gasteiger partial charge in [0.15, 0.2) is 0 Å². The van der Waals surface area contributed by atoms with Gasteiger partial charge in [-0.2, -0.15) is 0 Å². The van der Waals surface area contributed by atoms with Gasteiger partial charge in [-0.25, -0.2) is 4.79 Å². The maximum Gasteiger partial charge on any atom is 0.312 e. The van der Waals surface area contributed by atoms with Crippen molar-refractivity contribution in [2.75, 3.05) is 0 Å². The number of rotatable bonds is 1. The number of urea groups is 1. The maximum absolute atomic E-state index is 10.7. The number of hydrogen-bond donors (Lipinski definition) is 3. The third-order valence-corrected chi connectivity index (χ3v) is 3.48. The van der Waals surface area contributed by atoms with E-state index in [0.29, 0.717) is 6.42 Å². The van der Waals surface area contributed by atoms with Crippen LogP contribution in [0.3, 0.4) is 0 Å². The molecule has 1 aromatic heterocycles. The summed E-state index contributed by atoms with van der Waals surface area (Å²) in [5.41, 5.74) is 6.08. The van der Waals surface area contributed by atoms with Gasteiger partial charge < -0.3 is 16.2 Å². The van der Waals surface area contributed by atoms with E-state index in [-0.39, 0.29) is 12.1 Å². The van der Waals surface area contributed by atoms with Gasteiger partial charge in [0.25, 0.3) is 0 Å². The Labute approximate surface area is 85.7 Å². The first-order chi connectivity index (χ1) is 6.68. The quantitative estimate of drug-likeness (QED) is 0.656. The summed E-state index contributed by atoms with van der Waals surface area (Å²) in [6.07, 6.45) is 1.04. The van der Waals surface area contributed by atoms with Crippen LogP contribution in [0.2, 0.25) is 0 Å². The molecule has 4 N–H and O–H groups in total. The Morgan fingerprint density at radius 1 is 1.64 bits per heavy atom. The summed E-state index contributed by atoms with van der Waals surface area (Å²) in [5, 5.41) is 14.3. The minimum Gasteiger partial charge on any atom is -0.388 e. The smallest absolute Gasteiger partial charge is 0.312 e. The molecule has 0 aromatic carbocycles. The van der Waals surface area contributed by atoms with Gasteiger partial charge in [0.1, 0.15) is 0 Å². The van der Waals surface area contributed by atoms with E-state index in [1.165, 1.54) is 11.3 Å². The Balaban J connectivity index is 2.24. The summed E-state index contributed by atoms with van der Waals surface area (Å²) in [4.78, 5) is 11.7. The summed E-state index contributed by atoms with van der Waals surface area (Å²) in [7, 11) is 0. The predicted molar refractivity (Wildman–Crippen MR) is 54.0 cm³/mol. The van der Waals surface area contributed by atoms with Gasteiger partial charge in [-0.15, -0.1) is 11.3 Å². The summed E-state index contributed by atoms with van der Waals surface area (Å²) >= 11 is 1.52. The predicted octanol–water partition coefficient (Wildman–Crippen LogP) is 1.28. The topological polar surface area (TPSA) is 75.4 Å². The molecule has 1 aliphatic carbocycles. The van der Waals surface area contributed by atoms with Gasteiger partial charge in [-0.3, -0.25) is 0 Å². The van der Waals surface area contributed by atoms with E-state index in [0.717, 1.165) is 16.9 Å². The summed E-state index contributed by atoms with van der Waals surface area (Å²) in [6, 6.07) is 1.39. The lowest BCUT2D eigenvalue weighted by Gasteiger charge is -2.26. The Hall–Kier alpha value is -1.07. The van der Waals surface area contributed by atoms with Crippen LogP contribution in [0.5, 0.6) is 0 Å². The normalized spacial score (nSPS) is 25.5. The van der Waals surface area contributed by atoms with Crippen molar-refractivity contribution in [3.63, 3.8) is 0 Å². The molecule has 2 rings (SSSR count). The first kappa shape index (κ1) is 9.48. The van der Waals surface area contributed by atoms with Crippen molar-refractivity contribution >= 4 is 17.4 Å². The molecule has 0 radical (unpaired) electrons. The summed E-state index contributed by atoms with van der Waals surface area (Å²) in [5.74, 6) is 0. The lowest BCUT2D eigenvalue weighted by Crippen LogP contribution is -2.35. The summed E-state index contributed by atoms with van der Waals surface area (Å²) < 4.78 is 0. The molecule has 4 nitrogen and oxygen atoms in total. The highest BCUT2D eigenvalue weighted by Crippen LogP contribution is 2.39. The van der Waals surface area contributed by atoms with Crippen molar-refractivity contribution in [3.05, 3.63) is 21.9 Å². The monoisotopic (exact) mass is 212 g/mol. The van der Waals surface area contributed by atoms with E-state index in [2.05, 4.69) is 5.32 Å². The van der Waals surface area contributed by atoms with Crippen LogP contribution in [0.1, 0.15) is 35.4 Å². The fraction of sp³-hybridized carbons (Fsp3) is 0.444. The molecule has 0 spiro atoms. The Morgan fingerprint density at radius 2 is 2.43 bits per heavy atom. The lowest BCUT2D eigenvalue weighted by atomic mass is 9.92. The molecule has 0 fully saturated rings. The second kappa shape index (κ2) is 3.59. The number of primary amides is 1. The van der Waals surface area contributed by atoms with E-state index in [1.807, 2.05) is 11.4 Å². The number of carbonyl (C=O) groups excluding carboxylic acids is 1. The van der Waals surface area contributed by atoms with Gasteiger partial charge in [0, 0.05) is 4.88 Å². The fourth-order valence-electron chi connectivity index (χ4n) is 1.82. The molecular weight excluding hydrogens is 200 g/mol. The molecule has 2 amide bonds. The second-order valence-electron chi connectivity index (χ2n) is 3.39. The first-order valence-corrected chi connectivity index (χ1v) is 5.38. The zero-order chi connectivity index (χ0) is 10.1.